The number of fused-ring (bicyclic) bond motifs is 1. The summed E-state index contributed by atoms with van der Waals surface area (Å²) < 4.78 is 0. The molecule has 0 spiro atoms. The standard InChI is InChI=1S/C18H20/c1-14-11-12-16(13-15-7-3-2-4-8-15)18-10-6-5-9-17(14)18/h2-10,14,16H,11-13H2,1H3. The minimum Gasteiger partial charge on any atom is -0.0622 e. The van der Waals surface area contributed by atoms with Crippen LogP contribution < -0.4 is 0 Å². The highest BCUT2D eigenvalue weighted by atomic mass is 14.3. The van der Waals surface area contributed by atoms with Crippen molar-refractivity contribution in [1.29, 1.82) is 0 Å². The maximum absolute atomic E-state index is 2.36. The van der Waals surface area contributed by atoms with E-state index in [1.807, 2.05) is 0 Å². The van der Waals surface area contributed by atoms with Crippen molar-refractivity contribution in [3.8, 4) is 0 Å². The lowest BCUT2D eigenvalue weighted by Gasteiger charge is -2.29. The van der Waals surface area contributed by atoms with Gasteiger partial charge >= 0.3 is 0 Å². The Bertz CT molecular complexity index is 513. The Morgan fingerprint density at radius 1 is 0.833 bits per heavy atom. The number of hydrogen-bond acceptors (Lipinski definition) is 0. The van der Waals surface area contributed by atoms with Crippen LogP contribution in [0.1, 0.15) is 48.3 Å². The van der Waals surface area contributed by atoms with Gasteiger partial charge in [0.1, 0.15) is 0 Å². The fourth-order valence-electron chi connectivity index (χ4n) is 3.20. The second-order valence-electron chi connectivity index (χ2n) is 5.49. The maximum atomic E-state index is 2.36. The van der Waals surface area contributed by atoms with Crippen molar-refractivity contribution in [2.45, 2.75) is 38.0 Å². The highest BCUT2D eigenvalue weighted by Crippen LogP contribution is 2.39. The third-order valence-corrected chi connectivity index (χ3v) is 4.24. The van der Waals surface area contributed by atoms with Gasteiger partial charge in [0.15, 0.2) is 0 Å². The quantitative estimate of drug-likeness (QED) is 0.695. The van der Waals surface area contributed by atoms with Crippen LogP contribution in [0.3, 0.4) is 0 Å². The third kappa shape index (κ3) is 2.20. The van der Waals surface area contributed by atoms with E-state index in [1.54, 1.807) is 11.1 Å². The van der Waals surface area contributed by atoms with Crippen LogP contribution >= 0.6 is 0 Å². The fraction of sp³-hybridized carbons (Fsp3) is 0.333. The molecule has 0 bridgehead atoms. The lowest BCUT2D eigenvalue weighted by atomic mass is 9.75. The minimum atomic E-state index is 0.708. The SMILES string of the molecule is CC1CCC(Cc2ccccc2)c2ccccc21. The van der Waals surface area contributed by atoms with Crippen molar-refractivity contribution in [3.05, 3.63) is 71.3 Å². The van der Waals surface area contributed by atoms with Crippen LogP contribution in [0.4, 0.5) is 0 Å². The van der Waals surface area contributed by atoms with Crippen LogP contribution in [0.2, 0.25) is 0 Å². The topological polar surface area (TPSA) is 0 Å². The van der Waals surface area contributed by atoms with Crippen LogP contribution in [-0.4, -0.2) is 0 Å². The summed E-state index contributed by atoms with van der Waals surface area (Å²) in [5.41, 5.74) is 4.62. The summed E-state index contributed by atoms with van der Waals surface area (Å²) in [7, 11) is 0. The van der Waals surface area contributed by atoms with E-state index in [1.165, 1.54) is 24.8 Å². The van der Waals surface area contributed by atoms with E-state index in [4.69, 9.17) is 0 Å². The molecule has 2 aromatic rings. The first-order chi connectivity index (χ1) is 8.84. The first-order valence-corrected chi connectivity index (χ1v) is 6.97. The lowest BCUT2D eigenvalue weighted by molar-refractivity contribution is 0.500. The molecule has 0 aliphatic heterocycles. The molecule has 0 saturated carbocycles. The summed E-state index contributed by atoms with van der Waals surface area (Å²) in [5.74, 6) is 1.44. The van der Waals surface area contributed by atoms with Crippen LogP contribution in [0.5, 0.6) is 0 Å². The van der Waals surface area contributed by atoms with Crippen LogP contribution in [0.25, 0.3) is 0 Å². The number of benzene rings is 2. The molecule has 0 amide bonds. The molecule has 0 fully saturated rings. The van der Waals surface area contributed by atoms with Gasteiger partial charge in [-0.3, -0.25) is 0 Å². The van der Waals surface area contributed by atoms with Gasteiger partial charge in [-0.2, -0.15) is 0 Å². The Hall–Kier alpha value is -1.56. The van der Waals surface area contributed by atoms with Gasteiger partial charge in [0, 0.05) is 0 Å². The van der Waals surface area contributed by atoms with Crippen molar-refractivity contribution < 1.29 is 0 Å². The molecule has 2 unspecified atom stereocenters. The summed E-state index contributed by atoms with van der Waals surface area (Å²) >= 11 is 0. The van der Waals surface area contributed by atoms with E-state index >= 15 is 0 Å². The summed E-state index contributed by atoms with van der Waals surface area (Å²) in [6.45, 7) is 2.36. The Morgan fingerprint density at radius 2 is 1.50 bits per heavy atom. The Kier molecular flexibility index (Phi) is 3.19. The molecule has 2 aromatic carbocycles. The molecule has 3 rings (SSSR count). The molecule has 2 atom stereocenters. The molecule has 0 nitrogen and oxygen atoms in total. The molecular weight excluding hydrogens is 216 g/mol. The molecule has 0 N–H and O–H groups in total. The smallest absolute Gasteiger partial charge is 0.0118 e. The molecule has 92 valence electrons. The van der Waals surface area contributed by atoms with Gasteiger partial charge in [0.25, 0.3) is 0 Å². The normalized spacial score (nSPS) is 22.5. The van der Waals surface area contributed by atoms with Crippen molar-refractivity contribution in [2.24, 2.45) is 0 Å². The molecule has 1 aliphatic rings. The van der Waals surface area contributed by atoms with Crippen molar-refractivity contribution in [3.63, 3.8) is 0 Å². The van der Waals surface area contributed by atoms with Gasteiger partial charge in [-0.1, -0.05) is 61.5 Å². The zero-order chi connectivity index (χ0) is 12.4. The van der Waals surface area contributed by atoms with Crippen molar-refractivity contribution in [1.82, 2.24) is 0 Å². The van der Waals surface area contributed by atoms with E-state index in [0.717, 1.165) is 5.92 Å². The molecule has 0 heterocycles. The highest BCUT2D eigenvalue weighted by molar-refractivity contribution is 5.36. The average Bonchev–Trinajstić information content (AvgIpc) is 2.44. The Balaban J connectivity index is 1.89. The largest absolute Gasteiger partial charge is 0.0622 e. The summed E-state index contributed by atoms with van der Waals surface area (Å²) in [6, 6.07) is 19.9. The summed E-state index contributed by atoms with van der Waals surface area (Å²) in [4.78, 5) is 0. The molecule has 1 aliphatic carbocycles. The second kappa shape index (κ2) is 4.97. The average molecular weight is 236 g/mol. The predicted molar refractivity (Wildman–Crippen MR) is 77.0 cm³/mol. The molecule has 0 heteroatoms. The van der Waals surface area contributed by atoms with Gasteiger partial charge in [0.2, 0.25) is 0 Å². The highest BCUT2D eigenvalue weighted by Gasteiger charge is 2.24. The monoisotopic (exact) mass is 236 g/mol. The van der Waals surface area contributed by atoms with Gasteiger partial charge in [0.05, 0.1) is 0 Å². The van der Waals surface area contributed by atoms with Gasteiger partial charge in [-0.05, 0) is 47.8 Å². The van der Waals surface area contributed by atoms with E-state index in [2.05, 4.69) is 61.5 Å². The van der Waals surface area contributed by atoms with E-state index in [-0.39, 0.29) is 0 Å². The first-order valence-electron chi connectivity index (χ1n) is 6.97. The summed E-state index contributed by atoms with van der Waals surface area (Å²) in [5, 5.41) is 0. The Labute approximate surface area is 110 Å². The molecule has 18 heavy (non-hydrogen) atoms. The van der Waals surface area contributed by atoms with Gasteiger partial charge in [-0.15, -0.1) is 0 Å². The second-order valence-corrected chi connectivity index (χ2v) is 5.49. The zero-order valence-electron chi connectivity index (χ0n) is 11.0. The van der Waals surface area contributed by atoms with E-state index in [0.29, 0.717) is 5.92 Å². The van der Waals surface area contributed by atoms with Crippen LogP contribution in [0.15, 0.2) is 54.6 Å². The summed E-state index contributed by atoms with van der Waals surface area (Å²) in [6.07, 6.45) is 3.84. The lowest BCUT2D eigenvalue weighted by Crippen LogP contribution is -2.14. The third-order valence-electron chi connectivity index (χ3n) is 4.24. The van der Waals surface area contributed by atoms with Crippen LogP contribution in [-0.2, 0) is 6.42 Å². The number of rotatable bonds is 2. The van der Waals surface area contributed by atoms with E-state index in [9.17, 15) is 0 Å². The molecular formula is C18H20. The molecule has 0 aromatic heterocycles. The first kappa shape index (κ1) is 11.5. The number of hydrogen-bond donors (Lipinski definition) is 0. The van der Waals surface area contributed by atoms with Crippen LogP contribution in [0, 0.1) is 0 Å². The Morgan fingerprint density at radius 3 is 2.28 bits per heavy atom. The van der Waals surface area contributed by atoms with E-state index < -0.39 is 0 Å². The molecule has 0 saturated heterocycles. The van der Waals surface area contributed by atoms with Crippen molar-refractivity contribution >= 4 is 0 Å². The predicted octanol–water partition coefficient (Wildman–Crippen LogP) is 4.91. The minimum absolute atomic E-state index is 0.708. The van der Waals surface area contributed by atoms with Gasteiger partial charge in [-0.25, -0.2) is 0 Å². The van der Waals surface area contributed by atoms with Gasteiger partial charge < -0.3 is 0 Å². The fourth-order valence-corrected chi connectivity index (χ4v) is 3.20. The molecule has 0 radical (unpaired) electrons. The maximum Gasteiger partial charge on any atom is -0.0118 e. The zero-order valence-corrected chi connectivity index (χ0v) is 11.0. The van der Waals surface area contributed by atoms with Crippen molar-refractivity contribution in [2.75, 3.05) is 0 Å².